The fourth-order valence-corrected chi connectivity index (χ4v) is 3.12. The van der Waals surface area contributed by atoms with Crippen LogP contribution >= 0.6 is 0 Å². The van der Waals surface area contributed by atoms with Gasteiger partial charge in [0.05, 0.1) is 0 Å². The first-order valence-corrected chi connectivity index (χ1v) is 7.62. The molecule has 1 saturated carbocycles. The molecule has 2 amide bonds. The van der Waals surface area contributed by atoms with Crippen LogP contribution in [0.2, 0.25) is 0 Å². The van der Waals surface area contributed by atoms with Crippen molar-refractivity contribution in [3.05, 3.63) is 0 Å². The fourth-order valence-electron chi connectivity index (χ4n) is 3.12. The number of carboxylic acid groups (broad SMARTS) is 1. The van der Waals surface area contributed by atoms with Crippen LogP contribution < -0.4 is 5.32 Å². The Morgan fingerprint density at radius 3 is 2.25 bits per heavy atom. The molecule has 1 aliphatic carbocycles. The average molecular weight is 284 g/mol. The molecule has 3 atom stereocenters. The molecule has 0 aliphatic heterocycles. The van der Waals surface area contributed by atoms with Gasteiger partial charge in [-0.3, -0.25) is 4.79 Å². The van der Waals surface area contributed by atoms with Crippen molar-refractivity contribution in [2.24, 2.45) is 11.8 Å². The van der Waals surface area contributed by atoms with Crippen LogP contribution in [0.3, 0.4) is 0 Å². The van der Waals surface area contributed by atoms with Gasteiger partial charge in [-0.2, -0.15) is 0 Å². The summed E-state index contributed by atoms with van der Waals surface area (Å²) < 4.78 is 0. The lowest BCUT2D eigenvalue weighted by molar-refractivity contribution is -0.138. The first-order valence-electron chi connectivity index (χ1n) is 7.62. The molecule has 0 radical (unpaired) electrons. The van der Waals surface area contributed by atoms with E-state index in [9.17, 15) is 9.59 Å². The molecule has 5 heteroatoms. The summed E-state index contributed by atoms with van der Waals surface area (Å²) in [6, 6.07) is -0.140. The Morgan fingerprint density at radius 1 is 1.25 bits per heavy atom. The zero-order valence-electron chi connectivity index (χ0n) is 13.1. The molecule has 0 heterocycles. The summed E-state index contributed by atoms with van der Waals surface area (Å²) >= 11 is 0. The number of nitrogens with one attached hydrogen (secondary N) is 1. The number of aliphatic carboxylic acids is 1. The summed E-state index contributed by atoms with van der Waals surface area (Å²) in [6.45, 7) is 8.02. The summed E-state index contributed by atoms with van der Waals surface area (Å²) in [4.78, 5) is 24.6. The fraction of sp³-hybridized carbons (Fsp3) is 0.867. The molecule has 0 spiro atoms. The van der Waals surface area contributed by atoms with E-state index in [-0.39, 0.29) is 24.7 Å². The first-order chi connectivity index (χ1) is 9.33. The van der Waals surface area contributed by atoms with E-state index in [0.717, 1.165) is 19.3 Å². The number of nitrogens with zero attached hydrogens (tertiary/aromatic N) is 1. The normalized spacial score (nSPS) is 27.7. The molecule has 1 fully saturated rings. The summed E-state index contributed by atoms with van der Waals surface area (Å²) in [6.07, 6.45) is 3.92. The Kier molecular flexibility index (Phi) is 6.30. The third kappa shape index (κ3) is 5.02. The average Bonchev–Trinajstić information content (AvgIpc) is 2.33. The minimum Gasteiger partial charge on any atom is -0.480 e. The topological polar surface area (TPSA) is 69.6 Å². The number of rotatable bonds is 5. The molecule has 116 valence electrons. The Morgan fingerprint density at radius 2 is 1.80 bits per heavy atom. The van der Waals surface area contributed by atoms with Gasteiger partial charge in [0, 0.05) is 12.1 Å². The highest BCUT2D eigenvalue weighted by Gasteiger charge is 2.28. The van der Waals surface area contributed by atoms with Crippen molar-refractivity contribution in [2.45, 2.75) is 65.5 Å². The van der Waals surface area contributed by atoms with Gasteiger partial charge in [-0.1, -0.05) is 20.8 Å². The molecule has 0 aromatic rings. The van der Waals surface area contributed by atoms with Gasteiger partial charge >= 0.3 is 12.0 Å². The zero-order chi connectivity index (χ0) is 15.3. The molecular formula is C15H28N2O3. The maximum absolute atomic E-state index is 12.3. The SMILES string of the molecule is CCC(C)N(CC(=O)O)C(=O)NC1CC(C)CC(C)C1. The van der Waals surface area contributed by atoms with Gasteiger partial charge in [-0.15, -0.1) is 0 Å². The van der Waals surface area contributed by atoms with E-state index < -0.39 is 5.97 Å². The molecule has 0 aromatic carbocycles. The molecule has 0 aromatic heterocycles. The molecule has 3 unspecified atom stereocenters. The zero-order valence-corrected chi connectivity index (χ0v) is 13.1. The second-order valence-corrected chi connectivity index (χ2v) is 6.34. The lowest BCUT2D eigenvalue weighted by Gasteiger charge is -2.34. The van der Waals surface area contributed by atoms with Crippen LogP contribution in [0.5, 0.6) is 0 Å². The predicted octanol–water partition coefficient (Wildman–Crippen LogP) is 2.71. The highest BCUT2D eigenvalue weighted by Crippen LogP contribution is 2.28. The minimum absolute atomic E-state index is 0.0652. The Balaban J connectivity index is 2.63. The minimum atomic E-state index is -0.967. The van der Waals surface area contributed by atoms with E-state index in [1.165, 1.54) is 11.3 Å². The maximum Gasteiger partial charge on any atom is 0.323 e. The number of amides is 2. The van der Waals surface area contributed by atoms with E-state index >= 15 is 0 Å². The standard InChI is InChI=1S/C15H28N2O3/c1-5-12(4)17(9-14(18)19)15(20)16-13-7-10(2)6-11(3)8-13/h10-13H,5-9H2,1-4H3,(H,16,20)(H,18,19). The lowest BCUT2D eigenvalue weighted by Crippen LogP contribution is -2.51. The monoisotopic (exact) mass is 284 g/mol. The van der Waals surface area contributed by atoms with E-state index in [1.54, 1.807) is 0 Å². The van der Waals surface area contributed by atoms with Crippen molar-refractivity contribution in [1.29, 1.82) is 0 Å². The first kappa shape index (κ1) is 16.8. The van der Waals surface area contributed by atoms with Crippen LogP contribution in [-0.4, -0.2) is 40.6 Å². The molecule has 1 aliphatic rings. The van der Waals surface area contributed by atoms with Gasteiger partial charge in [0.25, 0.3) is 0 Å². The van der Waals surface area contributed by atoms with E-state index in [0.29, 0.717) is 11.8 Å². The van der Waals surface area contributed by atoms with Gasteiger partial charge in [0.1, 0.15) is 6.54 Å². The summed E-state index contributed by atoms with van der Waals surface area (Å²) in [5.41, 5.74) is 0. The van der Waals surface area contributed by atoms with Gasteiger partial charge in [-0.25, -0.2) is 4.79 Å². The van der Waals surface area contributed by atoms with Crippen LogP contribution in [-0.2, 0) is 4.79 Å². The molecule has 1 rings (SSSR count). The van der Waals surface area contributed by atoms with Crippen molar-refractivity contribution in [3.63, 3.8) is 0 Å². The van der Waals surface area contributed by atoms with Gasteiger partial charge < -0.3 is 15.3 Å². The smallest absolute Gasteiger partial charge is 0.323 e. The van der Waals surface area contributed by atoms with Crippen LogP contribution in [0.25, 0.3) is 0 Å². The quantitative estimate of drug-likeness (QED) is 0.815. The number of carbonyl (C=O) groups excluding carboxylic acids is 1. The molecule has 20 heavy (non-hydrogen) atoms. The van der Waals surface area contributed by atoms with Crippen molar-refractivity contribution >= 4 is 12.0 Å². The Bertz CT molecular complexity index is 336. The molecular weight excluding hydrogens is 256 g/mol. The maximum atomic E-state index is 12.3. The highest BCUT2D eigenvalue weighted by molar-refractivity contribution is 5.80. The van der Waals surface area contributed by atoms with Gasteiger partial charge in [-0.05, 0) is 44.4 Å². The second-order valence-electron chi connectivity index (χ2n) is 6.34. The Hall–Kier alpha value is -1.26. The van der Waals surface area contributed by atoms with Crippen molar-refractivity contribution in [3.8, 4) is 0 Å². The second kappa shape index (κ2) is 7.50. The van der Waals surface area contributed by atoms with Crippen LogP contribution in [0.1, 0.15) is 53.4 Å². The van der Waals surface area contributed by atoms with E-state index in [4.69, 9.17) is 5.11 Å². The van der Waals surface area contributed by atoms with E-state index in [2.05, 4.69) is 19.2 Å². The summed E-state index contributed by atoms with van der Waals surface area (Å²) in [7, 11) is 0. The van der Waals surface area contributed by atoms with Gasteiger partial charge in [0.15, 0.2) is 0 Å². The molecule has 0 bridgehead atoms. The molecule has 2 N–H and O–H groups in total. The van der Waals surface area contributed by atoms with Crippen molar-refractivity contribution in [2.75, 3.05) is 6.54 Å². The number of hydrogen-bond acceptors (Lipinski definition) is 2. The number of urea groups is 1. The largest absolute Gasteiger partial charge is 0.480 e. The van der Waals surface area contributed by atoms with Crippen LogP contribution in [0, 0.1) is 11.8 Å². The predicted molar refractivity (Wildman–Crippen MR) is 78.6 cm³/mol. The summed E-state index contributed by atoms with van der Waals surface area (Å²) in [5.74, 6) is 0.256. The van der Waals surface area contributed by atoms with Crippen LogP contribution in [0.4, 0.5) is 4.79 Å². The summed E-state index contributed by atoms with van der Waals surface area (Å²) in [5, 5.41) is 12.0. The Labute approximate surface area is 121 Å². The lowest BCUT2D eigenvalue weighted by atomic mass is 9.80. The van der Waals surface area contributed by atoms with Crippen LogP contribution in [0.15, 0.2) is 0 Å². The third-order valence-electron chi connectivity index (χ3n) is 4.20. The number of hydrogen-bond donors (Lipinski definition) is 2. The third-order valence-corrected chi connectivity index (χ3v) is 4.20. The number of carboxylic acids is 1. The van der Waals surface area contributed by atoms with E-state index in [1.807, 2.05) is 13.8 Å². The molecule has 0 saturated heterocycles. The molecule has 5 nitrogen and oxygen atoms in total. The van der Waals surface area contributed by atoms with Crippen molar-refractivity contribution < 1.29 is 14.7 Å². The highest BCUT2D eigenvalue weighted by atomic mass is 16.4. The van der Waals surface area contributed by atoms with Gasteiger partial charge in [0.2, 0.25) is 0 Å². The van der Waals surface area contributed by atoms with Crippen molar-refractivity contribution in [1.82, 2.24) is 10.2 Å². The number of carbonyl (C=O) groups is 2.